The molecule has 0 amide bonds. The number of nitrogens with zero attached hydrogens (tertiary/aromatic N) is 3. The molecule has 2 N–H and O–H groups in total. The number of aromatic nitrogens is 1. The Labute approximate surface area is 169 Å². The highest BCUT2D eigenvalue weighted by Crippen LogP contribution is 2.24. The molecule has 2 aromatic rings. The Hall–Kier alpha value is -1.67. The van der Waals surface area contributed by atoms with Crippen molar-refractivity contribution in [2.24, 2.45) is 4.99 Å². The number of rotatable bonds is 6. The molecule has 27 heavy (non-hydrogen) atoms. The number of hydrogen-bond donors (Lipinski definition) is 2. The molecule has 0 saturated carbocycles. The van der Waals surface area contributed by atoms with E-state index in [-0.39, 0.29) is 6.04 Å². The van der Waals surface area contributed by atoms with Gasteiger partial charge in [-0.2, -0.15) is 0 Å². The minimum atomic E-state index is 0.202. The molecule has 0 spiro atoms. The molecular weight excluding hydrogens is 382 g/mol. The molecule has 1 aromatic heterocycles. The van der Waals surface area contributed by atoms with Crippen LogP contribution in [0.5, 0.6) is 0 Å². The van der Waals surface area contributed by atoms with Crippen LogP contribution in [-0.2, 0) is 11.3 Å². The lowest BCUT2D eigenvalue weighted by molar-refractivity contribution is 0.0170. The van der Waals surface area contributed by atoms with E-state index < -0.39 is 0 Å². The van der Waals surface area contributed by atoms with Crippen molar-refractivity contribution in [3.63, 3.8) is 0 Å². The van der Waals surface area contributed by atoms with Gasteiger partial charge in [0.05, 0.1) is 25.8 Å². The van der Waals surface area contributed by atoms with Gasteiger partial charge in [0.15, 0.2) is 5.96 Å². The fourth-order valence-corrected chi connectivity index (χ4v) is 4.04. The third kappa shape index (κ3) is 5.90. The number of hydrogen-bond acceptors (Lipinski definition) is 5. The van der Waals surface area contributed by atoms with Crippen molar-refractivity contribution < 1.29 is 4.74 Å². The molecule has 1 atom stereocenters. The molecule has 8 heteroatoms. The van der Waals surface area contributed by atoms with E-state index in [0.717, 1.165) is 48.8 Å². The van der Waals surface area contributed by atoms with Gasteiger partial charge in [0.2, 0.25) is 0 Å². The second kappa shape index (κ2) is 10.0. The molecule has 0 aliphatic carbocycles. The molecule has 2 heterocycles. The van der Waals surface area contributed by atoms with Crippen LogP contribution in [-0.4, -0.2) is 55.7 Å². The van der Waals surface area contributed by atoms with E-state index in [9.17, 15) is 0 Å². The highest BCUT2D eigenvalue weighted by Gasteiger charge is 2.23. The fourth-order valence-electron chi connectivity index (χ4n) is 3.12. The number of halogens is 1. The Morgan fingerprint density at radius 3 is 2.85 bits per heavy atom. The number of aliphatic imine (C=N–C) groups is 1. The maximum atomic E-state index is 6.23. The Balaban J connectivity index is 1.63. The number of morpholine rings is 1. The zero-order valence-electron chi connectivity index (χ0n) is 15.7. The lowest BCUT2D eigenvalue weighted by atomic mass is 10.0. The molecule has 0 bridgehead atoms. The van der Waals surface area contributed by atoms with Crippen molar-refractivity contribution in [2.75, 3.05) is 39.9 Å². The van der Waals surface area contributed by atoms with Crippen molar-refractivity contribution in [3.8, 4) is 0 Å². The number of thiazole rings is 1. The first-order chi connectivity index (χ1) is 13.2. The first-order valence-corrected chi connectivity index (χ1v) is 10.3. The summed E-state index contributed by atoms with van der Waals surface area (Å²) in [6.07, 6.45) is 1.89. The van der Waals surface area contributed by atoms with Gasteiger partial charge in [-0.1, -0.05) is 23.7 Å². The highest BCUT2D eigenvalue weighted by molar-refractivity contribution is 7.11. The highest BCUT2D eigenvalue weighted by atomic mass is 35.5. The first kappa shape index (κ1) is 20.1. The van der Waals surface area contributed by atoms with E-state index >= 15 is 0 Å². The SMILES string of the molecule is CN=C(NCc1ncc(C)s1)NCC(c1cccc(Cl)c1)N1CCOCC1. The zero-order chi connectivity index (χ0) is 19.1. The summed E-state index contributed by atoms with van der Waals surface area (Å²) in [6.45, 7) is 6.79. The molecule has 146 valence electrons. The van der Waals surface area contributed by atoms with Gasteiger partial charge in [0.1, 0.15) is 5.01 Å². The Morgan fingerprint density at radius 1 is 1.37 bits per heavy atom. The quantitative estimate of drug-likeness (QED) is 0.569. The van der Waals surface area contributed by atoms with Gasteiger partial charge in [0, 0.05) is 42.8 Å². The summed E-state index contributed by atoms with van der Waals surface area (Å²) in [6, 6.07) is 8.28. The number of benzene rings is 1. The van der Waals surface area contributed by atoms with Crippen LogP contribution in [0.3, 0.4) is 0 Å². The number of guanidine groups is 1. The maximum absolute atomic E-state index is 6.23. The van der Waals surface area contributed by atoms with Crippen molar-refractivity contribution in [3.05, 3.63) is 50.9 Å². The van der Waals surface area contributed by atoms with Crippen LogP contribution in [0.2, 0.25) is 5.02 Å². The van der Waals surface area contributed by atoms with Crippen LogP contribution in [0.1, 0.15) is 21.5 Å². The summed E-state index contributed by atoms with van der Waals surface area (Å²) in [4.78, 5) is 12.4. The third-order valence-corrected chi connectivity index (χ3v) is 5.63. The summed E-state index contributed by atoms with van der Waals surface area (Å²) in [5, 5.41) is 8.60. The van der Waals surface area contributed by atoms with Gasteiger partial charge < -0.3 is 15.4 Å². The minimum absolute atomic E-state index is 0.202. The molecule has 3 rings (SSSR count). The van der Waals surface area contributed by atoms with E-state index in [0.29, 0.717) is 6.54 Å². The van der Waals surface area contributed by atoms with Crippen LogP contribution in [0.25, 0.3) is 0 Å². The second-order valence-corrected chi connectivity index (χ2v) is 8.15. The van der Waals surface area contributed by atoms with Crippen molar-refractivity contribution in [1.29, 1.82) is 0 Å². The largest absolute Gasteiger partial charge is 0.379 e. The molecule has 1 aromatic carbocycles. The predicted molar refractivity (Wildman–Crippen MR) is 112 cm³/mol. The topological polar surface area (TPSA) is 61.8 Å². The van der Waals surface area contributed by atoms with Gasteiger partial charge in [0.25, 0.3) is 0 Å². The van der Waals surface area contributed by atoms with Crippen LogP contribution < -0.4 is 10.6 Å². The maximum Gasteiger partial charge on any atom is 0.191 e. The smallest absolute Gasteiger partial charge is 0.191 e. The summed E-state index contributed by atoms with van der Waals surface area (Å²) in [5.41, 5.74) is 1.20. The average molecular weight is 408 g/mol. The van der Waals surface area contributed by atoms with Gasteiger partial charge >= 0.3 is 0 Å². The first-order valence-electron chi connectivity index (χ1n) is 9.09. The van der Waals surface area contributed by atoms with Crippen molar-refractivity contribution >= 4 is 28.9 Å². The van der Waals surface area contributed by atoms with E-state index in [1.807, 2.05) is 24.4 Å². The van der Waals surface area contributed by atoms with Crippen molar-refractivity contribution in [2.45, 2.75) is 19.5 Å². The van der Waals surface area contributed by atoms with Crippen LogP contribution >= 0.6 is 22.9 Å². The average Bonchev–Trinajstić information content (AvgIpc) is 3.10. The summed E-state index contributed by atoms with van der Waals surface area (Å²) in [5.74, 6) is 0.767. The second-order valence-electron chi connectivity index (χ2n) is 6.39. The standard InChI is InChI=1S/C19H26ClN5OS/c1-14-11-22-18(27-14)13-24-19(21-2)23-12-17(25-6-8-26-9-7-25)15-4-3-5-16(20)10-15/h3-5,10-11,17H,6-9,12-13H2,1-2H3,(H2,21,23,24). The fraction of sp³-hybridized carbons (Fsp3) is 0.474. The van der Waals surface area contributed by atoms with Crippen LogP contribution in [0, 0.1) is 6.92 Å². The van der Waals surface area contributed by atoms with Gasteiger partial charge in [-0.3, -0.25) is 9.89 Å². The van der Waals surface area contributed by atoms with Gasteiger partial charge in [-0.05, 0) is 24.6 Å². The Morgan fingerprint density at radius 2 is 2.19 bits per heavy atom. The molecule has 1 unspecified atom stereocenters. The number of ether oxygens (including phenoxy) is 1. The molecular formula is C19H26ClN5OS. The molecule has 1 fully saturated rings. The number of aryl methyl sites for hydroxylation is 1. The molecule has 0 radical (unpaired) electrons. The summed E-state index contributed by atoms with van der Waals surface area (Å²) in [7, 11) is 1.78. The van der Waals surface area contributed by atoms with Crippen LogP contribution in [0.15, 0.2) is 35.5 Å². The minimum Gasteiger partial charge on any atom is -0.379 e. The monoisotopic (exact) mass is 407 g/mol. The third-order valence-electron chi connectivity index (χ3n) is 4.48. The number of nitrogens with one attached hydrogen (secondary N) is 2. The van der Waals surface area contributed by atoms with E-state index in [1.54, 1.807) is 18.4 Å². The van der Waals surface area contributed by atoms with Gasteiger partial charge in [-0.15, -0.1) is 11.3 Å². The summed E-state index contributed by atoms with van der Waals surface area (Å²) < 4.78 is 5.52. The molecule has 6 nitrogen and oxygen atoms in total. The lowest BCUT2D eigenvalue weighted by Gasteiger charge is -2.35. The Bertz CT molecular complexity index is 760. The molecule has 1 aliphatic heterocycles. The van der Waals surface area contributed by atoms with Crippen LogP contribution in [0.4, 0.5) is 0 Å². The normalized spacial score (nSPS) is 16.9. The molecule has 1 aliphatic rings. The lowest BCUT2D eigenvalue weighted by Crippen LogP contribution is -2.46. The van der Waals surface area contributed by atoms with Gasteiger partial charge in [-0.25, -0.2) is 4.98 Å². The van der Waals surface area contributed by atoms with E-state index in [2.05, 4.69) is 38.5 Å². The zero-order valence-corrected chi connectivity index (χ0v) is 17.3. The van der Waals surface area contributed by atoms with E-state index in [1.165, 1.54) is 10.4 Å². The molecule has 1 saturated heterocycles. The van der Waals surface area contributed by atoms with E-state index in [4.69, 9.17) is 16.3 Å². The van der Waals surface area contributed by atoms with Crippen molar-refractivity contribution in [1.82, 2.24) is 20.5 Å². The Kier molecular flexibility index (Phi) is 7.46. The summed E-state index contributed by atoms with van der Waals surface area (Å²) >= 11 is 7.92. The predicted octanol–water partition coefficient (Wildman–Crippen LogP) is 2.84.